The lowest BCUT2D eigenvalue weighted by Gasteiger charge is -2.15. The molecule has 0 bridgehead atoms. The zero-order valence-electron chi connectivity index (χ0n) is 11.1. The number of ketones is 1. The van der Waals surface area contributed by atoms with Gasteiger partial charge in [0.25, 0.3) is 0 Å². The van der Waals surface area contributed by atoms with Crippen LogP contribution < -0.4 is 10.5 Å². The summed E-state index contributed by atoms with van der Waals surface area (Å²) in [5, 5.41) is 0. The predicted octanol–water partition coefficient (Wildman–Crippen LogP) is 2.54. The zero-order chi connectivity index (χ0) is 13.0. The summed E-state index contributed by atoms with van der Waals surface area (Å²) in [6, 6.07) is 1.93. The van der Waals surface area contributed by atoms with E-state index in [-0.39, 0.29) is 5.78 Å². The number of carbonyl (C=O) groups is 1. The SMILES string of the molecule is COc1cc(C)c(C(=O)CCCN)c(C)c1C. The Balaban J connectivity index is 3.16. The molecule has 17 heavy (non-hydrogen) atoms. The minimum absolute atomic E-state index is 0.177. The molecule has 0 saturated carbocycles. The number of hydrogen-bond acceptors (Lipinski definition) is 3. The molecular formula is C14H21NO2. The van der Waals surface area contributed by atoms with Crippen LogP contribution in [0.5, 0.6) is 5.75 Å². The van der Waals surface area contributed by atoms with Crippen LogP contribution in [0.2, 0.25) is 0 Å². The average molecular weight is 235 g/mol. The molecule has 3 nitrogen and oxygen atoms in total. The van der Waals surface area contributed by atoms with Gasteiger partial charge in [-0.1, -0.05) is 0 Å². The van der Waals surface area contributed by atoms with Crippen molar-refractivity contribution in [1.82, 2.24) is 0 Å². The van der Waals surface area contributed by atoms with Gasteiger partial charge in [0.2, 0.25) is 0 Å². The number of methoxy groups -OCH3 is 1. The molecule has 1 aromatic rings. The quantitative estimate of drug-likeness (QED) is 0.798. The molecule has 0 heterocycles. The Morgan fingerprint density at radius 2 is 1.94 bits per heavy atom. The highest BCUT2D eigenvalue weighted by atomic mass is 16.5. The van der Waals surface area contributed by atoms with Gasteiger partial charge in [0, 0.05) is 12.0 Å². The Labute approximate surface area is 103 Å². The van der Waals surface area contributed by atoms with Crippen LogP contribution in [0, 0.1) is 20.8 Å². The van der Waals surface area contributed by atoms with Crippen molar-refractivity contribution in [3.05, 3.63) is 28.3 Å². The van der Waals surface area contributed by atoms with Crippen LogP contribution in [0.25, 0.3) is 0 Å². The monoisotopic (exact) mass is 235 g/mol. The van der Waals surface area contributed by atoms with Crippen molar-refractivity contribution in [3.63, 3.8) is 0 Å². The molecule has 0 aliphatic rings. The summed E-state index contributed by atoms with van der Waals surface area (Å²) in [5.74, 6) is 1.02. The topological polar surface area (TPSA) is 52.3 Å². The van der Waals surface area contributed by atoms with E-state index in [1.807, 2.05) is 26.8 Å². The van der Waals surface area contributed by atoms with Crippen LogP contribution in [0.15, 0.2) is 6.07 Å². The van der Waals surface area contributed by atoms with Crippen LogP contribution in [-0.2, 0) is 0 Å². The second-order valence-electron chi connectivity index (χ2n) is 4.34. The molecule has 0 saturated heterocycles. The molecule has 3 heteroatoms. The molecule has 0 fully saturated rings. The minimum Gasteiger partial charge on any atom is -0.496 e. The molecule has 0 amide bonds. The van der Waals surface area contributed by atoms with Crippen molar-refractivity contribution in [2.24, 2.45) is 5.73 Å². The molecule has 0 radical (unpaired) electrons. The Hall–Kier alpha value is -1.35. The van der Waals surface area contributed by atoms with Gasteiger partial charge in [-0.05, 0) is 56.5 Å². The average Bonchev–Trinajstić information content (AvgIpc) is 2.31. The van der Waals surface area contributed by atoms with E-state index in [2.05, 4.69) is 0 Å². The van der Waals surface area contributed by atoms with E-state index in [4.69, 9.17) is 10.5 Å². The molecule has 0 unspecified atom stereocenters. The fourth-order valence-electron chi connectivity index (χ4n) is 2.07. The van der Waals surface area contributed by atoms with Crippen molar-refractivity contribution in [1.29, 1.82) is 0 Å². The van der Waals surface area contributed by atoms with Crippen molar-refractivity contribution >= 4 is 5.78 Å². The maximum absolute atomic E-state index is 12.1. The van der Waals surface area contributed by atoms with E-state index in [1.54, 1.807) is 7.11 Å². The van der Waals surface area contributed by atoms with Gasteiger partial charge in [-0.25, -0.2) is 0 Å². The van der Waals surface area contributed by atoms with E-state index >= 15 is 0 Å². The number of ether oxygens (including phenoxy) is 1. The maximum Gasteiger partial charge on any atom is 0.163 e. The van der Waals surface area contributed by atoms with Gasteiger partial charge in [-0.3, -0.25) is 4.79 Å². The van der Waals surface area contributed by atoms with Crippen LogP contribution in [0.1, 0.15) is 39.9 Å². The van der Waals surface area contributed by atoms with Gasteiger partial charge >= 0.3 is 0 Å². The third-order valence-electron chi connectivity index (χ3n) is 3.16. The molecule has 1 rings (SSSR count). The molecular weight excluding hydrogens is 214 g/mol. The first-order valence-electron chi connectivity index (χ1n) is 5.91. The van der Waals surface area contributed by atoms with Gasteiger partial charge in [-0.15, -0.1) is 0 Å². The number of nitrogens with two attached hydrogens (primary N) is 1. The smallest absolute Gasteiger partial charge is 0.163 e. The predicted molar refractivity (Wildman–Crippen MR) is 69.8 cm³/mol. The van der Waals surface area contributed by atoms with E-state index in [0.29, 0.717) is 13.0 Å². The van der Waals surface area contributed by atoms with Crippen LogP contribution in [-0.4, -0.2) is 19.4 Å². The summed E-state index contributed by atoms with van der Waals surface area (Å²) in [6.45, 7) is 6.46. The maximum atomic E-state index is 12.1. The molecule has 0 aliphatic carbocycles. The lowest BCUT2D eigenvalue weighted by molar-refractivity contribution is 0.0979. The first-order chi connectivity index (χ1) is 8.02. The summed E-state index contributed by atoms with van der Waals surface area (Å²) < 4.78 is 5.29. The van der Waals surface area contributed by atoms with Crippen molar-refractivity contribution < 1.29 is 9.53 Å². The third-order valence-corrected chi connectivity index (χ3v) is 3.16. The van der Waals surface area contributed by atoms with Crippen LogP contribution in [0.3, 0.4) is 0 Å². The molecule has 0 aromatic heterocycles. The van der Waals surface area contributed by atoms with Gasteiger partial charge in [0.15, 0.2) is 5.78 Å². The van der Waals surface area contributed by atoms with Gasteiger partial charge in [0.05, 0.1) is 7.11 Å². The fourth-order valence-corrected chi connectivity index (χ4v) is 2.07. The molecule has 0 atom stereocenters. The Bertz CT molecular complexity index is 425. The van der Waals surface area contributed by atoms with Crippen LogP contribution >= 0.6 is 0 Å². The van der Waals surface area contributed by atoms with E-state index in [0.717, 1.165) is 34.4 Å². The lowest BCUT2D eigenvalue weighted by atomic mass is 9.93. The second kappa shape index (κ2) is 5.82. The zero-order valence-corrected chi connectivity index (χ0v) is 11.1. The number of aryl methyl sites for hydroxylation is 1. The molecule has 94 valence electrons. The standard InChI is InChI=1S/C14H21NO2/c1-9-8-13(17-4)10(2)11(3)14(9)12(16)6-5-7-15/h8H,5-7,15H2,1-4H3. The summed E-state index contributed by atoms with van der Waals surface area (Å²) in [5.41, 5.74) is 9.30. The number of Topliss-reactive ketones (excluding diaryl/α,β-unsaturated/α-hetero) is 1. The van der Waals surface area contributed by atoms with Gasteiger partial charge in [-0.2, -0.15) is 0 Å². The van der Waals surface area contributed by atoms with Crippen molar-refractivity contribution in [3.8, 4) is 5.75 Å². The Morgan fingerprint density at radius 3 is 2.47 bits per heavy atom. The number of hydrogen-bond donors (Lipinski definition) is 1. The molecule has 0 spiro atoms. The van der Waals surface area contributed by atoms with Gasteiger partial charge in [0.1, 0.15) is 5.75 Å². The summed E-state index contributed by atoms with van der Waals surface area (Å²) in [6.07, 6.45) is 1.26. The first kappa shape index (κ1) is 13.7. The van der Waals surface area contributed by atoms with Crippen molar-refractivity contribution in [2.45, 2.75) is 33.6 Å². The van der Waals surface area contributed by atoms with Crippen molar-refractivity contribution in [2.75, 3.05) is 13.7 Å². The van der Waals surface area contributed by atoms with E-state index in [9.17, 15) is 4.79 Å². The lowest BCUT2D eigenvalue weighted by Crippen LogP contribution is -2.09. The Morgan fingerprint density at radius 1 is 1.29 bits per heavy atom. The molecule has 2 N–H and O–H groups in total. The first-order valence-corrected chi connectivity index (χ1v) is 5.91. The van der Waals surface area contributed by atoms with E-state index < -0.39 is 0 Å². The number of rotatable bonds is 5. The molecule has 0 aliphatic heterocycles. The molecule has 1 aromatic carbocycles. The third kappa shape index (κ3) is 2.86. The highest BCUT2D eigenvalue weighted by Gasteiger charge is 2.16. The highest BCUT2D eigenvalue weighted by molar-refractivity contribution is 5.99. The number of benzene rings is 1. The van der Waals surface area contributed by atoms with E-state index in [1.165, 1.54) is 0 Å². The minimum atomic E-state index is 0.177. The fraction of sp³-hybridized carbons (Fsp3) is 0.500. The second-order valence-corrected chi connectivity index (χ2v) is 4.34. The van der Waals surface area contributed by atoms with Crippen LogP contribution in [0.4, 0.5) is 0 Å². The normalized spacial score (nSPS) is 10.4. The summed E-state index contributed by atoms with van der Waals surface area (Å²) in [4.78, 5) is 12.1. The largest absolute Gasteiger partial charge is 0.496 e. The number of carbonyl (C=O) groups excluding carboxylic acids is 1. The summed E-state index contributed by atoms with van der Waals surface area (Å²) in [7, 11) is 1.65. The highest BCUT2D eigenvalue weighted by Crippen LogP contribution is 2.28. The summed E-state index contributed by atoms with van der Waals surface area (Å²) >= 11 is 0. The Kier molecular flexibility index (Phi) is 4.70. The van der Waals surface area contributed by atoms with Gasteiger partial charge < -0.3 is 10.5 Å².